The molecule has 116 valence electrons. The lowest BCUT2D eigenvalue weighted by Gasteiger charge is -2.21. The Hall–Kier alpha value is -2.21. The summed E-state index contributed by atoms with van der Waals surface area (Å²) in [5.74, 6) is 0.179. The van der Waals surface area contributed by atoms with Crippen LogP contribution >= 0.6 is 0 Å². The molecule has 1 N–H and O–H groups in total. The molecule has 3 heterocycles. The van der Waals surface area contributed by atoms with Crippen molar-refractivity contribution < 1.29 is 9.53 Å². The highest BCUT2D eigenvalue weighted by atomic mass is 16.5. The van der Waals surface area contributed by atoms with Gasteiger partial charge in [-0.3, -0.25) is 14.5 Å². The van der Waals surface area contributed by atoms with E-state index in [2.05, 4.69) is 15.4 Å². The quantitative estimate of drug-likeness (QED) is 0.929. The number of carbonyl (C=O) groups is 1. The number of aryl methyl sites for hydroxylation is 1. The number of pyridine rings is 1. The van der Waals surface area contributed by atoms with Crippen molar-refractivity contribution in [3.8, 4) is 11.1 Å². The predicted octanol–water partition coefficient (Wildman–Crippen LogP) is 1.52. The number of aromatic nitrogens is 3. The number of rotatable bonds is 4. The second kappa shape index (κ2) is 6.70. The van der Waals surface area contributed by atoms with Gasteiger partial charge in [-0.05, 0) is 24.5 Å². The summed E-state index contributed by atoms with van der Waals surface area (Å²) >= 11 is 0. The highest BCUT2D eigenvalue weighted by molar-refractivity contribution is 5.78. The minimum Gasteiger partial charge on any atom is -0.381 e. The van der Waals surface area contributed by atoms with E-state index >= 15 is 0 Å². The molecule has 2 aromatic heterocycles. The van der Waals surface area contributed by atoms with Gasteiger partial charge in [0.05, 0.1) is 6.20 Å². The number of hydrogen-bond acceptors (Lipinski definition) is 4. The van der Waals surface area contributed by atoms with Crippen molar-refractivity contribution in [2.75, 3.05) is 13.2 Å². The third-order valence-corrected chi connectivity index (χ3v) is 3.89. The second-order valence-corrected chi connectivity index (χ2v) is 5.59. The van der Waals surface area contributed by atoms with Gasteiger partial charge in [0, 0.05) is 62.4 Å². The maximum Gasteiger partial charge on any atom is 0.223 e. The Balaban J connectivity index is 1.62. The lowest BCUT2D eigenvalue weighted by Crippen LogP contribution is -2.33. The van der Waals surface area contributed by atoms with Crippen LogP contribution < -0.4 is 5.32 Å². The fourth-order valence-corrected chi connectivity index (χ4v) is 2.61. The molecule has 6 heteroatoms. The molecule has 0 aromatic carbocycles. The van der Waals surface area contributed by atoms with Crippen molar-refractivity contribution in [2.45, 2.75) is 19.4 Å². The largest absolute Gasteiger partial charge is 0.381 e. The maximum atomic E-state index is 12.1. The van der Waals surface area contributed by atoms with E-state index in [9.17, 15) is 4.79 Å². The van der Waals surface area contributed by atoms with Crippen molar-refractivity contribution in [1.29, 1.82) is 0 Å². The van der Waals surface area contributed by atoms with Crippen LogP contribution in [0.1, 0.15) is 18.4 Å². The van der Waals surface area contributed by atoms with Crippen LogP contribution in [0.2, 0.25) is 0 Å². The molecule has 1 amide bonds. The highest BCUT2D eigenvalue weighted by Crippen LogP contribution is 2.19. The fourth-order valence-electron chi connectivity index (χ4n) is 2.61. The van der Waals surface area contributed by atoms with Crippen LogP contribution in [0.4, 0.5) is 0 Å². The third kappa shape index (κ3) is 3.51. The topological polar surface area (TPSA) is 69.0 Å². The Morgan fingerprint density at radius 2 is 2.14 bits per heavy atom. The zero-order valence-corrected chi connectivity index (χ0v) is 12.7. The van der Waals surface area contributed by atoms with Crippen molar-refractivity contribution >= 4 is 5.91 Å². The van der Waals surface area contributed by atoms with Gasteiger partial charge < -0.3 is 10.1 Å². The van der Waals surface area contributed by atoms with Crippen LogP contribution in [0.15, 0.2) is 30.9 Å². The van der Waals surface area contributed by atoms with Crippen LogP contribution in [0, 0.1) is 5.92 Å². The van der Waals surface area contributed by atoms with E-state index in [0.717, 1.165) is 29.5 Å². The van der Waals surface area contributed by atoms with Gasteiger partial charge in [-0.15, -0.1) is 0 Å². The van der Waals surface area contributed by atoms with Crippen molar-refractivity contribution in [3.05, 3.63) is 36.4 Å². The number of carbonyl (C=O) groups excluding carboxylic acids is 1. The lowest BCUT2D eigenvalue weighted by molar-refractivity contribution is -0.128. The molecule has 3 rings (SSSR count). The van der Waals surface area contributed by atoms with Gasteiger partial charge in [0.1, 0.15) is 0 Å². The van der Waals surface area contributed by atoms with Crippen molar-refractivity contribution in [2.24, 2.45) is 13.0 Å². The normalized spacial score (nSPS) is 15.7. The van der Waals surface area contributed by atoms with Gasteiger partial charge in [-0.25, -0.2) is 0 Å². The summed E-state index contributed by atoms with van der Waals surface area (Å²) in [7, 11) is 1.88. The first kappa shape index (κ1) is 14.7. The molecule has 0 bridgehead atoms. The Kier molecular flexibility index (Phi) is 4.48. The van der Waals surface area contributed by atoms with Gasteiger partial charge >= 0.3 is 0 Å². The summed E-state index contributed by atoms with van der Waals surface area (Å²) in [4.78, 5) is 16.4. The Labute approximate surface area is 129 Å². The van der Waals surface area contributed by atoms with Crippen LogP contribution in [-0.4, -0.2) is 33.9 Å². The highest BCUT2D eigenvalue weighted by Gasteiger charge is 2.21. The first-order valence-electron chi connectivity index (χ1n) is 7.51. The molecule has 1 aliphatic rings. The molecule has 0 aliphatic carbocycles. The average Bonchev–Trinajstić information content (AvgIpc) is 3.00. The predicted molar refractivity (Wildman–Crippen MR) is 81.8 cm³/mol. The van der Waals surface area contributed by atoms with E-state index < -0.39 is 0 Å². The number of amides is 1. The molecule has 6 nitrogen and oxygen atoms in total. The van der Waals surface area contributed by atoms with E-state index in [4.69, 9.17) is 4.74 Å². The zero-order valence-electron chi connectivity index (χ0n) is 12.7. The first-order valence-corrected chi connectivity index (χ1v) is 7.51. The number of nitrogens with one attached hydrogen (secondary N) is 1. The summed E-state index contributed by atoms with van der Waals surface area (Å²) < 4.78 is 7.04. The monoisotopic (exact) mass is 300 g/mol. The van der Waals surface area contributed by atoms with Gasteiger partial charge in [0.25, 0.3) is 0 Å². The minimum atomic E-state index is 0.0724. The number of nitrogens with zero attached hydrogens (tertiary/aromatic N) is 3. The van der Waals surface area contributed by atoms with Crippen molar-refractivity contribution in [1.82, 2.24) is 20.1 Å². The summed E-state index contributed by atoms with van der Waals surface area (Å²) in [6.07, 6.45) is 8.95. The molecule has 0 radical (unpaired) electrons. The molecule has 22 heavy (non-hydrogen) atoms. The Morgan fingerprint density at radius 1 is 1.32 bits per heavy atom. The van der Waals surface area contributed by atoms with Crippen molar-refractivity contribution in [3.63, 3.8) is 0 Å². The molecule has 0 spiro atoms. The maximum absolute atomic E-state index is 12.1. The molecule has 2 aromatic rings. The van der Waals surface area contributed by atoms with E-state index in [0.29, 0.717) is 19.8 Å². The molecule has 0 atom stereocenters. The van der Waals surface area contributed by atoms with Gasteiger partial charge in [0.15, 0.2) is 0 Å². The first-order chi connectivity index (χ1) is 10.7. The molecule has 1 fully saturated rings. The minimum absolute atomic E-state index is 0.0724. The average molecular weight is 300 g/mol. The second-order valence-electron chi connectivity index (χ2n) is 5.59. The molecule has 1 aliphatic heterocycles. The summed E-state index contributed by atoms with van der Waals surface area (Å²) in [6, 6.07) is 2.04. The number of hydrogen-bond donors (Lipinski definition) is 1. The van der Waals surface area contributed by atoms with Crippen LogP contribution in [-0.2, 0) is 23.1 Å². The van der Waals surface area contributed by atoms with Gasteiger partial charge in [-0.1, -0.05) is 0 Å². The van der Waals surface area contributed by atoms with E-state index in [1.165, 1.54) is 0 Å². The van der Waals surface area contributed by atoms with Crippen LogP contribution in [0.3, 0.4) is 0 Å². The van der Waals surface area contributed by atoms with Gasteiger partial charge in [0.2, 0.25) is 5.91 Å². The smallest absolute Gasteiger partial charge is 0.223 e. The molecule has 1 saturated heterocycles. The van der Waals surface area contributed by atoms with Gasteiger partial charge in [-0.2, -0.15) is 5.10 Å². The van der Waals surface area contributed by atoms with E-state index in [-0.39, 0.29) is 11.8 Å². The summed E-state index contributed by atoms with van der Waals surface area (Å²) in [5, 5.41) is 7.16. The standard InChI is InChI=1S/C16H20N4O2/c1-20-11-15(10-19-20)14-6-12(7-17-9-14)8-18-16(21)13-2-4-22-5-3-13/h6-7,9-11,13H,2-5,8H2,1H3,(H,18,21). The molecule has 0 unspecified atom stereocenters. The SMILES string of the molecule is Cn1cc(-c2cncc(CNC(=O)C3CCOCC3)c2)cn1. The number of ether oxygens (including phenoxy) is 1. The molecular weight excluding hydrogens is 280 g/mol. The van der Waals surface area contributed by atoms with E-state index in [1.807, 2.05) is 19.3 Å². The Bertz CT molecular complexity index is 647. The third-order valence-electron chi connectivity index (χ3n) is 3.89. The molecule has 0 saturated carbocycles. The molecular formula is C16H20N4O2. The lowest BCUT2D eigenvalue weighted by atomic mass is 9.99. The van der Waals surface area contributed by atoms with Crippen LogP contribution in [0.25, 0.3) is 11.1 Å². The Morgan fingerprint density at radius 3 is 2.86 bits per heavy atom. The zero-order chi connectivity index (χ0) is 15.4. The summed E-state index contributed by atoms with van der Waals surface area (Å²) in [5.41, 5.74) is 3.01. The summed E-state index contributed by atoms with van der Waals surface area (Å²) in [6.45, 7) is 1.85. The van der Waals surface area contributed by atoms with Crippen LogP contribution in [0.5, 0.6) is 0 Å². The fraction of sp³-hybridized carbons (Fsp3) is 0.438. The van der Waals surface area contributed by atoms with E-state index in [1.54, 1.807) is 23.3 Å².